The van der Waals surface area contributed by atoms with Gasteiger partial charge in [0.25, 0.3) is 0 Å². The van der Waals surface area contributed by atoms with Crippen molar-refractivity contribution in [2.45, 2.75) is 19.9 Å². The minimum absolute atomic E-state index is 0. The Morgan fingerprint density at radius 3 is 2.00 bits per heavy atom. The molecule has 0 aromatic heterocycles. The van der Waals surface area contributed by atoms with Gasteiger partial charge in [0.1, 0.15) is 0 Å². The van der Waals surface area contributed by atoms with Gasteiger partial charge in [0.2, 0.25) is 5.91 Å². The number of rotatable bonds is 4. The molecule has 0 bridgehead atoms. The molecule has 0 unspecified atom stereocenters. The van der Waals surface area contributed by atoms with Crippen molar-refractivity contribution in [1.29, 1.82) is 0 Å². The Kier molecular flexibility index (Phi) is 7.55. The van der Waals surface area contributed by atoms with Gasteiger partial charge in [-0.3, -0.25) is 4.79 Å². The summed E-state index contributed by atoms with van der Waals surface area (Å²) in [5, 5.41) is 8.00. The Morgan fingerprint density at radius 2 is 1.58 bits per heavy atom. The molecule has 6 nitrogen and oxygen atoms in total. The number of nitrogens with one attached hydrogen (secondary N) is 3. The second-order valence-electron chi connectivity index (χ2n) is 4.08. The maximum Gasteiger partial charge on any atom is 0.319 e. The molecule has 1 rings (SSSR count). The number of carbonyl (C=O) groups is 2. The monoisotopic (exact) mass is 286 g/mol. The summed E-state index contributed by atoms with van der Waals surface area (Å²) in [5.41, 5.74) is 6.48. The maximum atomic E-state index is 11.4. The molecule has 0 radical (unpaired) electrons. The van der Waals surface area contributed by atoms with E-state index in [1.54, 1.807) is 24.3 Å². The third kappa shape index (κ3) is 6.64. The van der Waals surface area contributed by atoms with Crippen LogP contribution >= 0.6 is 12.4 Å². The zero-order chi connectivity index (χ0) is 13.5. The third-order valence-corrected chi connectivity index (χ3v) is 2.03. The molecule has 0 atom stereocenters. The zero-order valence-electron chi connectivity index (χ0n) is 10.9. The molecule has 3 amide bonds. The third-order valence-electron chi connectivity index (χ3n) is 2.03. The van der Waals surface area contributed by atoms with Gasteiger partial charge in [-0.2, -0.15) is 0 Å². The lowest BCUT2D eigenvalue weighted by molar-refractivity contribution is -0.114. The molecular weight excluding hydrogens is 268 g/mol. The highest BCUT2D eigenvalue weighted by molar-refractivity contribution is 5.93. The van der Waals surface area contributed by atoms with E-state index in [2.05, 4.69) is 16.0 Å². The van der Waals surface area contributed by atoms with E-state index in [-0.39, 0.29) is 36.9 Å². The molecule has 0 fully saturated rings. The van der Waals surface area contributed by atoms with E-state index in [9.17, 15) is 9.59 Å². The first kappa shape index (κ1) is 17.2. The first-order valence-electron chi connectivity index (χ1n) is 5.68. The summed E-state index contributed by atoms with van der Waals surface area (Å²) in [4.78, 5) is 22.5. The topological polar surface area (TPSA) is 96.2 Å². The Morgan fingerprint density at radius 1 is 1.11 bits per heavy atom. The first-order chi connectivity index (χ1) is 8.51. The number of anilines is 2. The highest BCUT2D eigenvalue weighted by atomic mass is 35.5. The molecule has 106 valence electrons. The minimum Gasteiger partial charge on any atom is -0.336 e. The molecule has 1 aromatic rings. The normalized spacial score (nSPS) is 9.47. The molecule has 0 heterocycles. The summed E-state index contributed by atoms with van der Waals surface area (Å²) in [5.74, 6) is -0.256. The van der Waals surface area contributed by atoms with E-state index < -0.39 is 0 Å². The molecule has 7 heteroatoms. The summed E-state index contributed by atoms with van der Waals surface area (Å²) in [7, 11) is 0. The standard InChI is InChI=1S/C12H18N4O2.ClH/c1-8(2)14-12(18)16-10-5-3-9(4-6-10)15-11(17)7-13;/h3-6,8H,7,13H2,1-2H3,(H,15,17)(H2,14,16,18);1H. The maximum absolute atomic E-state index is 11.4. The second-order valence-corrected chi connectivity index (χ2v) is 4.08. The van der Waals surface area contributed by atoms with Crippen molar-refractivity contribution in [2.75, 3.05) is 17.2 Å². The highest BCUT2D eigenvalue weighted by Gasteiger charge is 2.03. The van der Waals surface area contributed by atoms with Crippen LogP contribution in [0, 0.1) is 0 Å². The van der Waals surface area contributed by atoms with E-state index in [1.807, 2.05) is 13.8 Å². The van der Waals surface area contributed by atoms with Crippen molar-refractivity contribution in [3.05, 3.63) is 24.3 Å². The summed E-state index contributed by atoms with van der Waals surface area (Å²) >= 11 is 0. The summed E-state index contributed by atoms with van der Waals surface area (Å²) in [6, 6.07) is 6.60. The largest absolute Gasteiger partial charge is 0.336 e. The van der Waals surface area contributed by atoms with Crippen molar-refractivity contribution in [1.82, 2.24) is 5.32 Å². The Balaban J connectivity index is 0.00000324. The summed E-state index contributed by atoms with van der Waals surface area (Å²) in [6.45, 7) is 3.70. The van der Waals surface area contributed by atoms with Gasteiger partial charge in [-0.25, -0.2) is 4.79 Å². The van der Waals surface area contributed by atoms with Crippen LogP contribution in [0.4, 0.5) is 16.2 Å². The van der Waals surface area contributed by atoms with Crippen molar-refractivity contribution in [3.8, 4) is 0 Å². The number of amides is 3. The van der Waals surface area contributed by atoms with E-state index in [0.717, 1.165) is 0 Å². The predicted octanol–water partition coefficient (Wildman–Crippen LogP) is 1.54. The van der Waals surface area contributed by atoms with Crippen molar-refractivity contribution >= 4 is 35.7 Å². The molecule has 5 N–H and O–H groups in total. The van der Waals surface area contributed by atoms with Gasteiger partial charge in [0.15, 0.2) is 0 Å². The van der Waals surface area contributed by atoms with Crippen LogP contribution < -0.4 is 21.7 Å². The van der Waals surface area contributed by atoms with Gasteiger partial charge >= 0.3 is 6.03 Å². The average Bonchev–Trinajstić information content (AvgIpc) is 2.30. The lowest BCUT2D eigenvalue weighted by atomic mass is 10.3. The van der Waals surface area contributed by atoms with Crippen LogP contribution in [0.2, 0.25) is 0 Å². The van der Waals surface area contributed by atoms with Gasteiger partial charge in [0.05, 0.1) is 6.54 Å². The van der Waals surface area contributed by atoms with E-state index in [4.69, 9.17) is 5.73 Å². The van der Waals surface area contributed by atoms with E-state index in [0.29, 0.717) is 11.4 Å². The van der Waals surface area contributed by atoms with Crippen LogP contribution in [0.5, 0.6) is 0 Å². The summed E-state index contributed by atoms with van der Waals surface area (Å²) in [6.07, 6.45) is 0. The Hall–Kier alpha value is -1.79. The van der Waals surface area contributed by atoms with Crippen LogP contribution in [0.3, 0.4) is 0 Å². The SMILES string of the molecule is CC(C)NC(=O)Nc1ccc(NC(=O)CN)cc1.Cl. The molecule has 0 aliphatic carbocycles. The van der Waals surface area contributed by atoms with Crippen LogP contribution in [-0.2, 0) is 4.79 Å². The first-order valence-corrected chi connectivity index (χ1v) is 5.68. The molecule has 1 aromatic carbocycles. The van der Waals surface area contributed by atoms with Crippen molar-refractivity contribution in [2.24, 2.45) is 5.73 Å². The van der Waals surface area contributed by atoms with E-state index in [1.165, 1.54) is 0 Å². The van der Waals surface area contributed by atoms with Crippen LogP contribution in [0.25, 0.3) is 0 Å². The van der Waals surface area contributed by atoms with Gasteiger partial charge in [-0.1, -0.05) is 0 Å². The number of halogens is 1. The lowest BCUT2D eigenvalue weighted by Crippen LogP contribution is -2.34. The average molecular weight is 287 g/mol. The highest BCUT2D eigenvalue weighted by Crippen LogP contribution is 2.13. The van der Waals surface area contributed by atoms with Gasteiger partial charge in [-0.15, -0.1) is 12.4 Å². The molecule has 0 aliphatic heterocycles. The number of hydrogen-bond donors (Lipinski definition) is 4. The van der Waals surface area contributed by atoms with Crippen molar-refractivity contribution in [3.63, 3.8) is 0 Å². The fourth-order valence-corrected chi connectivity index (χ4v) is 1.28. The fourth-order valence-electron chi connectivity index (χ4n) is 1.28. The zero-order valence-corrected chi connectivity index (χ0v) is 11.7. The Bertz CT molecular complexity index is 420. The fraction of sp³-hybridized carbons (Fsp3) is 0.333. The van der Waals surface area contributed by atoms with E-state index >= 15 is 0 Å². The Labute approximate surface area is 118 Å². The molecule has 0 spiro atoms. The summed E-state index contributed by atoms with van der Waals surface area (Å²) < 4.78 is 0. The van der Waals surface area contributed by atoms with Crippen LogP contribution in [0.15, 0.2) is 24.3 Å². The number of nitrogens with two attached hydrogens (primary N) is 1. The van der Waals surface area contributed by atoms with Gasteiger partial charge < -0.3 is 21.7 Å². The number of urea groups is 1. The van der Waals surface area contributed by atoms with Gasteiger partial charge in [0, 0.05) is 17.4 Å². The van der Waals surface area contributed by atoms with Gasteiger partial charge in [-0.05, 0) is 38.1 Å². The number of benzene rings is 1. The smallest absolute Gasteiger partial charge is 0.319 e. The van der Waals surface area contributed by atoms with Crippen molar-refractivity contribution < 1.29 is 9.59 Å². The molecule has 0 saturated carbocycles. The number of carbonyl (C=O) groups excluding carboxylic acids is 2. The second kappa shape index (κ2) is 8.34. The molecular formula is C12H19ClN4O2. The van der Waals surface area contributed by atoms with Crippen LogP contribution in [-0.4, -0.2) is 24.5 Å². The quantitative estimate of drug-likeness (QED) is 0.676. The predicted molar refractivity (Wildman–Crippen MR) is 78.7 cm³/mol. The lowest BCUT2D eigenvalue weighted by Gasteiger charge is -2.10. The van der Waals surface area contributed by atoms with Crippen LogP contribution in [0.1, 0.15) is 13.8 Å². The molecule has 19 heavy (non-hydrogen) atoms. The number of hydrogen-bond acceptors (Lipinski definition) is 3. The molecule has 0 aliphatic rings. The molecule has 0 saturated heterocycles. The minimum atomic E-state index is -0.260.